The largest absolute Gasteiger partial charge is 0.538 e. The summed E-state index contributed by atoms with van der Waals surface area (Å²) in [5.41, 5.74) is 1.85. The van der Waals surface area contributed by atoms with Crippen molar-refractivity contribution in [3.63, 3.8) is 0 Å². The lowest BCUT2D eigenvalue weighted by atomic mass is 10.1. The summed E-state index contributed by atoms with van der Waals surface area (Å²) in [6.45, 7) is 11.7. The van der Waals surface area contributed by atoms with Gasteiger partial charge in [-0.1, -0.05) is 36.4 Å². The van der Waals surface area contributed by atoms with Crippen LogP contribution in [0.2, 0.25) is 0 Å². The highest BCUT2D eigenvalue weighted by Gasteiger charge is 2.49. The predicted molar refractivity (Wildman–Crippen MR) is 130 cm³/mol. The Kier molecular flexibility index (Phi) is 7.79. The Bertz CT molecular complexity index is 1040. The number of pyridine rings is 1. The van der Waals surface area contributed by atoms with Crippen LogP contribution in [0.5, 0.6) is 0 Å². The van der Waals surface area contributed by atoms with Crippen molar-refractivity contribution in [2.45, 2.75) is 59.9 Å². The summed E-state index contributed by atoms with van der Waals surface area (Å²) >= 11 is 0. The van der Waals surface area contributed by atoms with Crippen molar-refractivity contribution in [2.24, 2.45) is 0 Å². The van der Waals surface area contributed by atoms with Gasteiger partial charge in [-0.05, 0) is 59.7 Å². The maximum atomic E-state index is 13.5. The van der Waals surface area contributed by atoms with Gasteiger partial charge in [-0.2, -0.15) is 0 Å². The first-order chi connectivity index (χ1) is 15.2. The number of carbonyl (C=O) groups excluding carboxylic acids is 1. The van der Waals surface area contributed by atoms with Crippen LogP contribution in [0.3, 0.4) is 0 Å². The first-order valence-electron chi connectivity index (χ1n) is 11.0. The molecular formula is C25H32N2O4Si. The van der Waals surface area contributed by atoms with E-state index >= 15 is 0 Å². The molecule has 0 unspecified atom stereocenters. The van der Waals surface area contributed by atoms with Crippen LogP contribution in [0.15, 0.2) is 60.8 Å². The van der Waals surface area contributed by atoms with Gasteiger partial charge in [0.15, 0.2) is 0 Å². The number of benzene rings is 2. The summed E-state index contributed by atoms with van der Waals surface area (Å²) in [5, 5.41) is 4.64. The first kappa shape index (κ1) is 24.1. The van der Waals surface area contributed by atoms with Gasteiger partial charge in [-0.3, -0.25) is 9.78 Å². The molecule has 3 aromatic rings. The van der Waals surface area contributed by atoms with E-state index in [0.29, 0.717) is 16.4 Å². The number of aromatic nitrogens is 1. The molecule has 0 spiro atoms. The Balaban J connectivity index is 2.07. The fourth-order valence-corrected chi connectivity index (χ4v) is 6.78. The van der Waals surface area contributed by atoms with Crippen LogP contribution in [-0.2, 0) is 13.3 Å². The fraction of sp³-hybridized carbons (Fsp3) is 0.360. The molecule has 0 aliphatic rings. The van der Waals surface area contributed by atoms with Gasteiger partial charge in [0.1, 0.15) is 0 Å². The molecule has 2 aromatic carbocycles. The van der Waals surface area contributed by atoms with Gasteiger partial charge in [0.25, 0.3) is 5.91 Å². The highest BCUT2D eigenvalue weighted by Crippen LogP contribution is 2.23. The van der Waals surface area contributed by atoms with Crippen LogP contribution in [0.4, 0.5) is 5.69 Å². The smallest absolute Gasteiger partial charge is 0.367 e. The van der Waals surface area contributed by atoms with Gasteiger partial charge >= 0.3 is 8.80 Å². The standard InChI is InChI=1S/C25H32N2O4Si/c1-17(2)29-32(30-18(3)4,31-19(5)6)23-15-8-7-13-21(23)25(28)27-22-14-9-11-20-12-10-16-26-24(20)22/h7-19H,1-6H3,(H,27,28). The molecule has 1 heterocycles. The quantitative estimate of drug-likeness (QED) is 0.467. The SMILES string of the molecule is CC(C)O[Si](OC(C)C)(OC(C)C)c1ccccc1C(=O)Nc1cccc2cccnc12. The van der Waals surface area contributed by atoms with Crippen LogP contribution in [0.25, 0.3) is 10.9 Å². The van der Waals surface area contributed by atoms with Gasteiger partial charge in [-0.25, -0.2) is 0 Å². The van der Waals surface area contributed by atoms with Crippen LogP contribution in [0, 0.1) is 0 Å². The molecule has 0 aliphatic carbocycles. The van der Waals surface area contributed by atoms with Crippen molar-refractivity contribution < 1.29 is 18.1 Å². The Labute approximate surface area is 191 Å². The highest BCUT2D eigenvalue weighted by atomic mass is 28.4. The van der Waals surface area contributed by atoms with E-state index in [2.05, 4.69) is 10.3 Å². The molecule has 0 saturated carbocycles. The molecule has 1 N–H and O–H groups in total. The maximum absolute atomic E-state index is 13.5. The number of rotatable bonds is 9. The number of fused-ring (bicyclic) bond motifs is 1. The number of hydrogen-bond acceptors (Lipinski definition) is 5. The van der Waals surface area contributed by atoms with E-state index in [4.69, 9.17) is 13.3 Å². The topological polar surface area (TPSA) is 69.7 Å². The molecule has 0 saturated heterocycles. The Morgan fingerprint density at radius 3 is 2.03 bits per heavy atom. The van der Waals surface area contributed by atoms with Gasteiger partial charge in [0, 0.05) is 40.6 Å². The number of anilines is 1. The van der Waals surface area contributed by atoms with Gasteiger partial charge in [-0.15, -0.1) is 0 Å². The number of hydrogen-bond donors (Lipinski definition) is 1. The van der Waals surface area contributed by atoms with E-state index in [0.717, 1.165) is 10.9 Å². The zero-order valence-electron chi connectivity index (χ0n) is 19.6. The van der Waals surface area contributed by atoms with E-state index in [1.807, 2.05) is 90.1 Å². The summed E-state index contributed by atoms with van der Waals surface area (Å²) in [6.07, 6.45) is 1.29. The third kappa shape index (κ3) is 5.61. The molecule has 7 heteroatoms. The van der Waals surface area contributed by atoms with Crippen LogP contribution < -0.4 is 10.5 Å². The Morgan fingerprint density at radius 1 is 0.812 bits per heavy atom. The third-order valence-corrected chi connectivity index (χ3v) is 8.00. The zero-order valence-corrected chi connectivity index (χ0v) is 20.6. The Hall–Kier alpha value is -2.58. The van der Waals surface area contributed by atoms with Crippen molar-refractivity contribution in [2.75, 3.05) is 5.32 Å². The van der Waals surface area contributed by atoms with E-state index in [9.17, 15) is 4.79 Å². The monoisotopic (exact) mass is 452 g/mol. The van der Waals surface area contributed by atoms with Crippen LogP contribution in [0.1, 0.15) is 51.9 Å². The lowest BCUT2D eigenvalue weighted by Gasteiger charge is -2.35. The number of nitrogens with one attached hydrogen (secondary N) is 1. The molecular weight excluding hydrogens is 420 g/mol. The fourth-order valence-electron chi connectivity index (χ4n) is 3.55. The second-order valence-corrected chi connectivity index (χ2v) is 10.8. The van der Waals surface area contributed by atoms with Crippen LogP contribution in [-0.4, -0.2) is 38.0 Å². The number of amides is 1. The second-order valence-electron chi connectivity index (χ2n) is 8.44. The van der Waals surface area contributed by atoms with E-state index in [-0.39, 0.29) is 24.2 Å². The van der Waals surface area contributed by atoms with Gasteiger partial charge in [0.2, 0.25) is 0 Å². The summed E-state index contributed by atoms with van der Waals surface area (Å²) < 4.78 is 19.1. The molecule has 170 valence electrons. The summed E-state index contributed by atoms with van der Waals surface area (Å²) in [6, 6.07) is 16.9. The minimum absolute atomic E-state index is 0.141. The lowest BCUT2D eigenvalue weighted by molar-refractivity contribution is 0.0152. The van der Waals surface area contributed by atoms with Crippen molar-refractivity contribution in [1.82, 2.24) is 4.98 Å². The summed E-state index contributed by atoms with van der Waals surface area (Å²) in [5.74, 6) is -0.261. The molecule has 32 heavy (non-hydrogen) atoms. The molecule has 3 rings (SSSR count). The molecule has 1 amide bonds. The van der Waals surface area contributed by atoms with E-state index < -0.39 is 8.80 Å². The highest BCUT2D eigenvalue weighted by molar-refractivity contribution is 6.76. The van der Waals surface area contributed by atoms with Crippen LogP contribution >= 0.6 is 0 Å². The molecule has 0 fully saturated rings. The van der Waals surface area contributed by atoms with Crippen molar-refractivity contribution >= 4 is 36.5 Å². The predicted octanol–water partition coefficient (Wildman–Crippen LogP) is 4.91. The normalized spacial score (nSPS) is 12.2. The average Bonchev–Trinajstić information content (AvgIpc) is 2.72. The minimum Gasteiger partial charge on any atom is -0.367 e. The van der Waals surface area contributed by atoms with E-state index in [1.165, 1.54) is 0 Å². The molecule has 0 radical (unpaired) electrons. The molecule has 0 aliphatic heterocycles. The zero-order chi connectivity index (χ0) is 23.3. The molecule has 1 aromatic heterocycles. The molecule has 6 nitrogen and oxygen atoms in total. The molecule has 0 atom stereocenters. The average molecular weight is 453 g/mol. The lowest BCUT2D eigenvalue weighted by Crippen LogP contribution is -2.61. The van der Waals surface area contributed by atoms with Crippen molar-refractivity contribution in [3.05, 3.63) is 66.4 Å². The number of carbonyl (C=O) groups is 1. The second kappa shape index (κ2) is 10.4. The first-order valence-corrected chi connectivity index (χ1v) is 12.7. The summed E-state index contributed by atoms with van der Waals surface area (Å²) in [7, 11) is -3.42. The van der Waals surface area contributed by atoms with Gasteiger partial charge < -0.3 is 18.6 Å². The third-order valence-electron chi connectivity index (χ3n) is 4.56. The maximum Gasteiger partial charge on any atom is 0.538 e. The number of para-hydroxylation sites is 1. The Morgan fingerprint density at radius 2 is 1.41 bits per heavy atom. The van der Waals surface area contributed by atoms with Gasteiger partial charge in [0.05, 0.1) is 11.2 Å². The molecule has 0 bridgehead atoms. The van der Waals surface area contributed by atoms with Crippen molar-refractivity contribution in [1.29, 1.82) is 0 Å². The summed E-state index contributed by atoms with van der Waals surface area (Å²) in [4.78, 5) is 17.9. The van der Waals surface area contributed by atoms with E-state index in [1.54, 1.807) is 12.3 Å². The minimum atomic E-state index is -3.42. The van der Waals surface area contributed by atoms with Crippen molar-refractivity contribution in [3.8, 4) is 0 Å². The number of nitrogens with zero attached hydrogens (tertiary/aromatic N) is 1.